The van der Waals surface area contributed by atoms with Gasteiger partial charge in [0.25, 0.3) is 0 Å². The predicted molar refractivity (Wildman–Crippen MR) is 56.3 cm³/mol. The third-order valence-corrected chi connectivity index (χ3v) is 2.14. The summed E-state index contributed by atoms with van der Waals surface area (Å²) in [6, 6.07) is 7.44. The highest BCUT2D eigenvalue weighted by Gasteiger charge is 2.03. The number of unbranched alkanes of at least 4 members (excludes halogenated alkanes) is 1. The van der Waals surface area contributed by atoms with Gasteiger partial charge in [-0.25, -0.2) is 0 Å². The van der Waals surface area contributed by atoms with E-state index in [1.54, 1.807) is 6.07 Å². The highest BCUT2D eigenvalue weighted by Crippen LogP contribution is 2.25. The highest BCUT2D eigenvalue weighted by molar-refractivity contribution is 5.56. The summed E-state index contributed by atoms with van der Waals surface area (Å²) in [6.07, 6.45) is 2.34. The maximum atomic E-state index is 9.54. The van der Waals surface area contributed by atoms with Gasteiger partial charge in [-0.15, -0.1) is 0 Å². The van der Waals surface area contributed by atoms with Crippen molar-refractivity contribution >= 4 is 5.69 Å². The standard InChI is InChI=1S/C11H17NO/c1-3-4-9-12(2)10-7-5-6-8-11(10)13/h5-8,13H,3-4,9H2,1-2H3. The van der Waals surface area contributed by atoms with E-state index in [1.165, 1.54) is 6.42 Å². The van der Waals surface area contributed by atoms with Gasteiger partial charge in [0.2, 0.25) is 0 Å². The third-order valence-electron chi connectivity index (χ3n) is 2.14. The Kier molecular flexibility index (Phi) is 3.62. The van der Waals surface area contributed by atoms with Gasteiger partial charge in [-0.2, -0.15) is 0 Å². The number of hydrogen-bond acceptors (Lipinski definition) is 2. The molecule has 72 valence electrons. The zero-order chi connectivity index (χ0) is 9.68. The van der Waals surface area contributed by atoms with E-state index >= 15 is 0 Å². The van der Waals surface area contributed by atoms with Crippen molar-refractivity contribution in [3.63, 3.8) is 0 Å². The fourth-order valence-electron chi connectivity index (χ4n) is 1.30. The maximum absolute atomic E-state index is 9.54. The van der Waals surface area contributed by atoms with Crippen LogP contribution >= 0.6 is 0 Å². The van der Waals surface area contributed by atoms with Gasteiger partial charge in [0.05, 0.1) is 5.69 Å². The van der Waals surface area contributed by atoms with E-state index in [2.05, 4.69) is 11.8 Å². The first-order valence-corrected chi connectivity index (χ1v) is 4.75. The summed E-state index contributed by atoms with van der Waals surface area (Å²) in [6.45, 7) is 3.16. The SMILES string of the molecule is CCCCN(C)c1ccccc1O. The summed E-state index contributed by atoms with van der Waals surface area (Å²) in [5.74, 6) is 0.362. The van der Waals surface area contributed by atoms with Crippen LogP contribution in [0, 0.1) is 0 Å². The Morgan fingerprint density at radius 1 is 1.31 bits per heavy atom. The molecule has 1 aromatic rings. The van der Waals surface area contributed by atoms with Gasteiger partial charge in [0.15, 0.2) is 0 Å². The molecule has 1 N–H and O–H groups in total. The summed E-state index contributed by atoms with van der Waals surface area (Å²) in [5, 5.41) is 9.54. The summed E-state index contributed by atoms with van der Waals surface area (Å²) < 4.78 is 0. The number of nitrogens with zero attached hydrogens (tertiary/aromatic N) is 1. The lowest BCUT2D eigenvalue weighted by Gasteiger charge is -2.19. The number of phenols is 1. The Bertz CT molecular complexity index is 260. The summed E-state index contributed by atoms with van der Waals surface area (Å²) in [4.78, 5) is 2.08. The molecular formula is C11H17NO. The number of anilines is 1. The molecule has 0 atom stereocenters. The van der Waals surface area contributed by atoms with Crippen molar-refractivity contribution in [2.24, 2.45) is 0 Å². The fourth-order valence-corrected chi connectivity index (χ4v) is 1.30. The number of benzene rings is 1. The molecule has 2 heteroatoms. The molecule has 0 fully saturated rings. The van der Waals surface area contributed by atoms with Crippen LogP contribution in [-0.2, 0) is 0 Å². The van der Waals surface area contributed by atoms with Crippen molar-refractivity contribution in [1.82, 2.24) is 0 Å². The van der Waals surface area contributed by atoms with Crippen LogP contribution in [-0.4, -0.2) is 18.7 Å². The summed E-state index contributed by atoms with van der Waals surface area (Å²) in [5.41, 5.74) is 0.913. The Morgan fingerprint density at radius 3 is 2.62 bits per heavy atom. The van der Waals surface area contributed by atoms with Crippen LogP contribution in [0.5, 0.6) is 5.75 Å². The Morgan fingerprint density at radius 2 is 2.00 bits per heavy atom. The van der Waals surface area contributed by atoms with E-state index in [-0.39, 0.29) is 0 Å². The van der Waals surface area contributed by atoms with E-state index in [1.807, 2.05) is 25.2 Å². The number of hydrogen-bond donors (Lipinski definition) is 1. The average molecular weight is 179 g/mol. The van der Waals surface area contributed by atoms with Crippen LogP contribution in [0.15, 0.2) is 24.3 Å². The van der Waals surface area contributed by atoms with Gasteiger partial charge in [-0.1, -0.05) is 25.5 Å². The van der Waals surface area contributed by atoms with Crippen LogP contribution in [0.25, 0.3) is 0 Å². The quantitative estimate of drug-likeness (QED) is 0.768. The average Bonchev–Trinajstić information content (AvgIpc) is 2.15. The zero-order valence-corrected chi connectivity index (χ0v) is 8.33. The molecule has 2 nitrogen and oxygen atoms in total. The van der Waals surface area contributed by atoms with Gasteiger partial charge in [0, 0.05) is 13.6 Å². The second kappa shape index (κ2) is 4.75. The topological polar surface area (TPSA) is 23.5 Å². The molecule has 0 heterocycles. The number of phenolic OH excluding ortho intramolecular Hbond substituents is 1. The van der Waals surface area contributed by atoms with Crippen molar-refractivity contribution in [1.29, 1.82) is 0 Å². The molecule has 0 amide bonds. The van der Waals surface area contributed by atoms with E-state index in [0.717, 1.165) is 18.7 Å². The largest absolute Gasteiger partial charge is 0.506 e. The highest BCUT2D eigenvalue weighted by atomic mass is 16.3. The second-order valence-corrected chi connectivity index (χ2v) is 3.26. The predicted octanol–water partition coefficient (Wildman–Crippen LogP) is 2.63. The van der Waals surface area contributed by atoms with Gasteiger partial charge < -0.3 is 10.0 Å². The minimum atomic E-state index is 0.362. The van der Waals surface area contributed by atoms with Crippen molar-refractivity contribution < 1.29 is 5.11 Å². The Hall–Kier alpha value is -1.18. The first kappa shape index (κ1) is 9.90. The van der Waals surface area contributed by atoms with Crippen LogP contribution in [0.3, 0.4) is 0 Å². The number of aromatic hydroxyl groups is 1. The molecule has 0 unspecified atom stereocenters. The molecule has 0 aliphatic carbocycles. The smallest absolute Gasteiger partial charge is 0.138 e. The van der Waals surface area contributed by atoms with Gasteiger partial charge >= 0.3 is 0 Å². The third kappa shape index (κ3) is 2.65. The van der Waals surface area contributed by atoms with E-state index < -0.39 is 0 Å². The van der Waals surface area contributed by atoms with Gasteiger partial charge in [-0.3, -0.25) is 0 Å². The Labute approximate surface area is 79.8 Å². The van der Waals surface area contributed by atoms with Crippen molar-refractivity contribution in [2.45, 2.75) is 19.8 Å². The van der Waals surface area contributed by atoms with Crippen LogP contribution in [0.1, 0.15) is 19.8 Å². The molecule has 0 saturated carbocycles. The zero-order valence-electron chi connectivity index (χ0n) is 8.33. The molecular weight excluding hydrogens is 162 g/mol. The van der Waals surface area contributed by atoms with E-state index in [9.17, 15) is 5.11 Å². The minimum absolute atomic E-state index is 0.362. The first-order valence-electron chi connectivity index (χ1n) is 4.75. The minimum Gasteiger partial charge on any atom is -0.506 e. The molecule has 13 heavy (non-hydrogen) atoms. The normalized spacial score (nSPS) is 10.0. The number of rotatable bonds is 4. The molecule has 1 aromatic carbocycles. The van der Waals surface area contributed by atoms with Crippen LogP contribution in [0.4, 0.5) is 5.69 Å². The molecule has 0 aliphatic rings. The van der Waals surface area contributed by atoms with Gasteiger partial charge in [-0.05, 0) is 18.6 Å². The fraction of sp³-hybridized carbons (Fsp3) is 0.455. The van der Waals surface area contributed by atoms with Crippen LogP contribution in [0.2, 0.25) is 0 Å². The maximum Gasteiger partial charge on any atom is 0.138 e. The molecule has 1 rings (SSSR count). The monoisotopic (exact) mass is 179 g/mol. The second-order valence-electron chi connectivity index (χ2n) is 3.26. The molecule has 0 aromatic heterocycles. The van der Waals surface area contributed by atoms with E-state index in [4.69, 9.17) is 0 Å². The molecule has 0 aliphatic heterocycles. The van der Waals surface area contributed by atoms with E-state index in [0.29, 0.717) is 5.75 Å². The molecule has 0 bridgehead atoms. The van der Waals surface area contributed by atoms with Crippen LogP contribution < -0.4 is 4.90 Å². The van der Waals surface area contributed by atoms with Crippen molar-refractivity contribution in [2.75, 3.05) is 18.5 Å². The molecule has 0 saturated heterocycles. The number of para-hydroxylation sites is 2. The van der Waals surface area contributed by atoms with Crippen molar-refractivity contribution in [3.05, 3.63) is 24.3 Å². The summed E-state index contributed by atoms with van der Waals surface area (Å²) in [7, 11) is 2.00. The lowest BCUT2D eigenvalue weighted by atomic mass is 10.2. The Balaban J connectivity index is 2.65. The molecule has 0 radical (unpaired) electrons. The van der Waals surface area contributed by atoms with Gasteiger partial charge in [0.1, 0.15) is 5.75 Å². The lowest BCUT2D eigenvalue weighted by Crippen LogP contribution is -2.18. The first-order chi connectivity index (χ1) is 6.25. The van der Waals surface area contributed by atoms with Crippen molar-refractivity contribution in [3.8, 4) is 5.75 Å². The summed E-state index contributed by atoms with van der Waals surface area (Å²) >= 11 is 0. The lowest BCUT2D eigenvalue weighted by molar-refractivity contribution is 0.474. The molecule has 0 spiro atoms.